The summed E-state index contributed by atoms with van der Waals surface area (Å²) < 4.78 is 12.6. The minimum atomic E-state index is -0.574. The summed E-state index contributed by atoms with van der Waals surface area (Å²) in [6.45, 7) is 0. The van der Waals surface area contributed by atoms with Crippen LogP contribution in [-0.2, 0) is 0 Å². The first-order valence-electron chi connectivity index (χ1n) is 3.50. The molecule has 0 N–H and O–H groups in total. The number of Topliss-reactive ketones (excluding diaryl/α,β-unsaturated/α-hetero) is 1. The van der Waals surface area contributed by atoms with Crippen LogP contribution in [0.15, 0.2) is 18.2 Å². The van der Waals surface area contributed by atoms with Crippen molar-refractivity contribution in [2.45, 2.75) is 6.42 Å². The van der Waals surface area contributed by atoms with Gasteiger partial charge in [-0.3, -0.25) is 4.79 Å². The summed E-state index contributed by atoms with van der Waals surface area (Å²) in [5.74, 6) is -0.931. The maximum Gasteiger partial charge on any atom is 0.176 e. The second-order valence-electron chi connectivity index (χ2n) is 2.39. The average Bonchev–Trinajstić information content (AvgIpc) is 2.10. The second-order valence-corrected chi connectivity index (χ2v) is 2.79. The van der Waals surface area contributed by atoms with Gasteiger partial charge in [0, 0.05) is 5.56 Å². The Bertz CT molecular complexity index is 384. The second kappa shape index (κ2) is 4.01. The fraction of sp³-hybridized carbons (Fsp3) is 0.111. The summed E-state index contributed by atoms with van der Waals surface area (Å²) in [6, 6.07) is 5.34. The Labute approximate surface area is 79.5 Å². The van der Waals surface area contributed by atoms with E-state index in [0.717, 1.165) is 6.07 Å². The molecular weight excluding hydrogens is 193 g/mol. The van der Waals surface area contributed by atoms with Gasteiger partial charge in [0.2, 0.25) is 0 Å². The number of hydrogen-bond acceptors (Lipinski definition) is 2. The van der Waals surface area contributed by atoms with Gasteiger partial charge >= 0.3 is 0 Å². The molecule has 2 nitrogen and oxygen atoms in total. The molecule has 0 amide bonds. The lowest BCUT2D eigenvalue weighted by Crippen LogP contribution is -1.97. The first-order valence-corrected chi connectivity index (χ1v) is 3.88. The van der Waals surface area contributed by atoms with E-state index in [4.69, 9.17) is 16.9 Å². The molecule has 0 heterocycles. The smallest absolute Gasteiger partial charge is 0.176 e. The molecule has 0 unspecified atom stereocenters. The molecule has 1 aromatic carbocycles. The minimum absolute atomic E-state index is 0.108. The topological polar surface area (TPSA) is 40.9 Å². The molecule has 0 fully saturated rings. The SMILES string of the molecule is N#CCC(=O)c1ccc(F)c(Cl)c1. The van der Waals surface area contributed by atoms with Crippen LogP contribution in [0.5, 0.6) is 0 Å². The van der Waals surface area contributed by atoms with Crippen LogP contribution in [0.1, 0.15) is 16.8 Å². The van der Waals surface area contributed by atoms with E-state index in [2.05, 4.69) is 0 Å². The predicted molar refractivity (Wildman–Crippen MR) is 46.0 cm³/mol. The molecule has 0 saturated carbocycles. The molecule has 4 heteroatoms. The van der Waals surface area contributed by atoms with Crippen LogP contribution in [0.25, 0.3) is 0 Å². The Balaban J connectivity index is 2.98. The lowest BCUT2D eigenvalue weighted by atomic mass is 10.1. The van der Waals surface area contributed by atoms with Crippen LogP contribution < -0.4 is 0 Å². The van der Waals surface area contributed by atoms with Crippen molar-refractivity contribution in [1.82, 2.24) is 0 Å². The van der Waals surface area contributed by atoms with Gasteiger partial charge < -0.3 is 0 Å². The van der Waals surface area contributed by atoms with Crippen molar-refractivity contribution < 1.29 is 9.18 Å². The highest BCUT2D eigenvalue weighted by Gasteiger charge is 2.07. The van der Waals surface area contributed by atoms with Crippen LogP contribution in [-0.4, -0.2) is 5.78 Å². The predicted octanol–water partition coefficient (Wildman–Crippen LogP) is 2.58. The van der Waals surface area contributed by atoms with Gasteiger partial charge in [-0.2, -0.15) is 5.26 Å². The third kappa shape index (κ3) is 2.27. The number of carbonyl (C=O) groups is 1. The number of ketones is 1. The summed E-state index contributed by atoms with van der Waals surface area (Å²) >= 11 is 5.45. The Kier molecular flexibility index (Phi) is 2.99. The summed E-state index contributed by atoms with van der Waals surface area (Å²) in [5.41, 5.74) is 0.257. The Morgan fingerprint density at radius 2 is 2.31 bits per heavy atom. The number of benzene rings is 1. The molecule has 0 aliphatic heterocycles. The van der Waals surface area contributed by atoms with Crippen molar-refractivity contribution in [2.24, 2.45) is 0 Å². The molecule has 66 valence electrons. The molecule has 0 bridgehead atoms. The van der Waals surface area contributed by atoms with Crippen LogP contribution in [0.2, 0.25) is 5.02 Å². The molecule has 0 saturated heterocycles. The third-order valence-electron chi connectivity index (χ3n) is 1.48. The highest BCUT2D eigenvalue weighted by Crippen LogP contribution is 2.16. The summed E-state index contributed by atoms with van der Waals surface area (Å²) in [4.78, 5) is 11.1. The molecule has 13 heavy (non-hydrogen) atoms. The first-order chi connectivity index (χ1) is 6.15. The van der Waals surface area contributed by atoms with E-state index >= 15 is 0 Å². The number of carbonyl (C=O) groups excluding carboxylic acids is 1. The normalized spacial score (nSPS) is 9.31. The zero-order chi connectivity index (χ0) is 9.84. The quantitative estimate of drug-likeness (QED) is 0.684. The van der Waals surface area contributed by atoms with E-state index in [9.17, 15) is 9.18 Å². The summed E-state index contributed by atoms with van der Waals surface area (Å²) in [6.07, 6.45) is -0.220. The van der Waals surface area contributed by atoms with Crippen molar-refractivity contribution in [2.75, 3.05) is 0 Å². The van der Waals surface area contributed by atoms with E-state index in [-0.39, 0.29) is 22.8 Å². The Morgan fingerprint density at radius 3 is 2.85 bits per heavy atom. The fourth-order valence-corrected chi connectivity index (χ4v) is 1.02. The number of halogens is 2. The number of hydrogen-bond donors (Lipinski definition) is 0. The molecular formula is C9H5ClFNO. The molecule has 0 atom stereocenters. The molecule has 1 aromatic rings. The van der Waals surface area contributed by atoms with E-state index in [1.807, 2.05) is 0 Å². The van der Waals surface area contributed by atoms with E-state index in [1.165, 1.54) is 12.1 Å². The lowest BCUT2D eigenvalue weighted by molar-refractivity contribution is 0.0997. The maximum absolute atomic E-state index is 12.6. The van der Waals surface area contributed by atoms with E-state index in [0.29, 0.717) is 0 Å². The van der Waals surface area contributed by atoms with Crippen molar-refractivity contribution in [3.8, 4) is 6.07 Å². The maximum atomic E-state index is 12.6. The van der Waals surface area contributed by atoms with Gasteiger partial charge in [0.15, 0.2) is 5.78 Å². The van der Waals surface area contributed by atoms with Crippen molar-refractivity contribution >= 4 is 17.4 Å². The minimum Gasteiger partial charge on any atom is -0.293 e. The van der Waals surface area contributed by atoms with Crippen molar-refractivity contribution in [3.63, 3.8) is 0 Å². The van der Waals surface area contributed by atoms with Gasteiger partial charge in [0.1, 0.15) is 5.82 Å². The largest absolute Gasteiger partial charge is 0.293 e. The number of nitrogens with zero attached hydrogens (tertiary/aromatic N) is 1. The van der Waals surface area contributed by atoms with Gasteiger partial charge in [0.05, 0.1) is 17.5 Å². The number of nitriles is 1. The van der Waals surface area contributed by atoms with Gasteiger partial charge in [0.25, 0.3) is 0 Å². The first kappa shape index (κ1) is 9.69. The summed E-state index contributed by atoms with van der Waals surface area (Å²) in [5, 5.41) is 8.14. The summed E-state index contributed by atoms with van der Waals surface area (Å²) in [7, 11) is 0. The highest BCUT2D eigenvalue weighted by molar-refractivity contribution is 6.31. The molecule has 1 rings (SSSR count). The van der Waals surface area contributed by atoms with Gasteiger partial charge in [-0.25, -0.2) is 4.39 Å². The highest BCUT2D eigenvalue weighted by atomic mass is 35.5. The van der Waals surface area contributed by atoms with Crippen molar-refractivity contribution in [1.29, 1.82) is 5.26 Å². The molecule has 0 aromatic heterocycles. The molecule has 0 aliphatic rings. The van der Waals surface area contributed by atoms with Crippen molar-refractivity contribution in [3.05, 3.63) is 34.6 Å². The van der Waals surface area contributed by atoms with Crippen LogP contribution in [0, 0.1) is 17.1 Å². The van der Waals surface area contributed by atoms with Crippen LogP contribution in [0.3, 0.4) is 0 Å². The standard InChI is InChI=1S/C9H5ClFNO/c10-7-5-6(1-2-8(7)11)9(13)3-4-12/h1-2,5H,3H2. The zero-order valence-electron chi connectivity index (χ0n) is 6.55. The zero-order valence-corrected chi connectivity index (χ0v) is 7.31. The Hall–Kier alpha value is -1.40. The molecule has 0 aliphatic carbocycles. The Morgan fingerprint density at radius 1 is 1.62 bits per heavy atom. The number of rotatable bonds is 2. The molecule has 0 spiro atoms. The monoisotopic (exact) mass is 197 g/mol. The van der Waals surface area contributed by atoms with E-state index in [1.54, 1.807) is 6.07 Å². The van der Waals surface area contributed by atoms with E-state index < -0.39 is 5.82 Å². The lowest BCUT2D eigenvalue weighted by Gasteiger charge is -1.97. The fourth-order valence-electron chi connectivity index (χ4n) is 0.843. The van der Waals surface area contributed by atoms with Gasteiger partial charge in [-0.15, -0.1) is 0 Å². The van der Waals surface area contributed by atoms with Gasteiger partial charge in [-0.05, 0) is 18.2 Å². The average molecular weight is 198 g/mol. The van der Waals surface area contributed by atoms with Crippen LogP contribution in [0.4, 0.5) is 4.39 Å². The third-order valence-corrected chi connectivity index (χ3v) is 1.77. The van der Waals surface area contributed by atoms with Gasteiger partial charge in [-0.1, -0.05) is 11.6 Å². The van der Waals surface area contributed by atoms with Crippen LogP contribution >= 0.6 is 11.6 Å². The molecule has 0 radical (unpaired) electrons.